The molecular formula is C48H43BrN8O6S2. The molecule has 6 aromatic heterocycles. The number of nitrogens with zero attached hydrogens (tertiary/aromatic N) is 8. The minimum atomic E-state index is -3.80. The van der Waals surface area contributed by atoms with Crippen molar-refractivity contribution in [3.8, 4) is 22.5 Å². The number of hydrogen-bond acceptors (Lipinski definition) is 10. The Morgan fingerprint density at radius 1 is 0.523 bits per heavy atom. The largest absolute Gasteiger partial charge is 0.386 e. The average molecular weight is 972 g/mol. The molecule has 10 rings (SSSR count). The van der Waals surface area contributed by atoms with Crippen molar-refractivity contribution in [3.05, 3.63) is 167 Å². The van der Waals surface area contributed by atoms with Crippen LogP contribution in [-0.4, -0.2) is 63.7 Å². The number of aromatic nitrogens is 8. The number of aliphatic hydroxyl groups is 2. The van der Waals surface area contributed by atoms with Crippen LogP contribution < -0.4 is 0 Å². The first kappa shape index (κ1) is 43.7. The summed E-state index contributed by atoms with van der Waals surface area (Å²) < 4.78 is 59.4. The maximum absolute atomic E-state index is 13.2. The highest BCUT2D eigenvalue weighted by Crippen LogP contribution is 2.33. The van der Waals surface area contributed by atoms with Crippen LogP contribution in [0.2, 0.25) is 0 Å². The second-order valence-electron chi connectivity index (χ2n) is 16.9. The van der Waals surface area contributed by atoms with E-state index >= 15 is 0 Å². The first-order valence-corrected chi connectivity index (χ1v) is 24.1. The van der Waals surface area contributed by atoms with Gasteiger partial charge in [0.05, 0.1) is 66.8 Å². The predicted octanol–water partition coefficient (Wildman–Crippen LogP) is 9.01. The molecule has 330 valence electrons. The average Bonchev–Trinajstić information content (AvgIpc) is 4.08. The Labute approximate surface area is 383 Å². The number of imidazole rings is 2. The topological polar surface area (TPSA) is 179 Å². The van der Waals surface area contributed by atoms with Gasteiger partial charge in [-0.1, -0.05) is 83.9 Å². The molecule has 0 bridgehead atoms. The van der Waals surface area contributed by atoms with Gasteiger partial charge in [-0.3, -0.25) is 8.80 Å². The zero-order chi connectivity index (χ0) is 46.2. The van der Waals surface area contributed by atoms with Gasteiger partial charge < -0.3 is 10.2 Å². The molecule has 0 radical (unpaired) electrons. The molecule has 2 N–H and O–H groups in total. The molecule has 10 aromatic rings. The number of fused-ring (bicyclic) bond motifs is 6. The molecule has 0 saturated carbocycles. The number of halogens is 1. The molecule has 65 heavy (non-hydrogen) atoms. The van der Waals surface area contributed by atoms with E-state index in [1.54, 1.807) is 107 Å². The van der Waals surface area contributed by atoms with Crippen LogP contribution in [0.4, 0.5) is 0 Å². The van der Waals surface area contributed by atoms with Crippen LogP contribution >= 0.6 is 15.9 Å². The van der Waals surface area contributed by atoms with Crippen molar-refractivity contribution in [2.24, 2.45) is 0 Å². The lowest BCUT2D eigenvalue weighted by molar-refractivity contribution is 0.0780. The third-order valence-electron chi connectivity index (χ3n) is 11.3. The van der Waals surface area contributed by atoms with Crippen LogP contribution in [0, 0.1) is 13.8 Å². The van der Waals surface area contributed by atoms with E-state index in [0.717, 1.165) is 50.1 Å². The van der Waals surface area contributed by atoms with Crippen LogP contribution in [-0.2, 0) is 31.2 Å². The minimum absolute atomic E-state index is 0.199. The summed E-state index contributed by atoms with van der Waals surface area (Å²) in [6.45, 7) is 10.8. The van der Waals surface area contributed by atoms with Crippen molar-refractivity contribution < 1.29 is 27.0 Å². The van der Waals surface area contributed by atoms with E-state index in [4.69, 9.17) is 0 Å². The Morgan fingerprint density at radius 2 is 0.954 bits per heavy atom. The third kappa shape index (κ3) is 7.82. The first-order valence-electron chi connectivity index (χ1n) is 20.4. The third-order valence-corrected chi connectivity index (χ3v) is 15.2. The van der Waals surface area contributed by atoms with E-state index in [1.807, 2.05) is 71.2 Å². The predicted molar refractivity (Wildman–Crippen MR) is 254 cm³/mol. The van der Waals surface area contributed by atoms with Gasteiger partial charge in [-0.2, -0.15) is 0 Å². The summed E-state index contributed by atoms with van der Waals surface area (Å²) >= 11 is 3.52. The summed E-state index contributed by atoms with van der Waals surface area (Å²) in [5.41, 5.74) is 8.29. The molecule has 0 amide bonds. The summed E-state index contributed by atoms with van der Waals surface area (Å²) in [6, 6.07) is 32.0. The Hall–Kier alpha value is -6.50. The molecule has 14 nitrogen and oxygen atoms in total. The van der Waals surface area contributed by atoms with Gasteiger partial charge in [0.15, 0.2) is 16.0 Å². The number of aryl methyl sites for hydroxylation is 2. The molecule has 17 heteroatoms. The molecule has 0 atom stereocenters. The lowest BCUT2D eigenvalue weighted by Gasteiger charge is -2.17. The standard InChI is InChI=1S/C24H21BrN4O3S.C24H22N4O3S/c1-15-4-10-18(11-5-15)33(31,32)28-13-12-19-22(28)26-14-20-21(27-23(25)29(19)20)16-6-8-17(9-7-16)24(2,3)30;1-16-4-10-19(11-5-16)32(30,31)28-13-12-20-23(28)25-14-21-22(26-15-27(20)21)17-6-8-18(9-7-17)24(2,3)29/h4-14,30H,1-3H3;4-15,29H,1-3H3. The first-order chi connectivity index (χ1) is 30.7. The van der Waals surface area contributed by atoms with Crippen LogP contribution in [0.5, 0.6) is 0 Å². The van der Waals surface area contributed by atoms with Crippen molar-refractivity contribution in [3.63, 3.8) is 0 Å². The summed E-state index contributed by atoms with van der Waals surface area (Å²) in [6.07, 6.45) is 7.96. The van der Waals surface area contributed by atoms with Crippen molar-refractivity contribution in [2.75, 3.05) is 0 Å². The number of benzene rings is 4. The van der Waals surface area contributed by atoms with Crippen LogP contribution in [0.25, 0.3) is 55.9 Å². The van der Waals surface area contributed by atoms with Crippen molar-refractivity contribution in [2.45, 2.75) is 62.5 Å². The molecule has 6 heterocycles. The van der Waals surface area contributed by atoms with E-state index in [0.29, 0.717) is 32.8 Å². The van der Waals surface area contributed by atoms with Gasteiger partial charge in [0.25, 0.3) is 20.0 Å². The second kappa shape index (κ2) is 15.9. The molecule has 0 aliphatic carbocycles. The van der Waals surface area contributed by atoms with E-state index < -0.39 is 31.2 Å². The van der Waals surface area contributed by atoms with Crippen LogP contribution in [0.1, 0.15) is 49.9 Å². The van der Waals surface area contributed by atoms with Gasteiger partial charge in [0.2, 0.25) is 0 Å². The molecule has 0 aliphatic rings. The fourth-order valence-corrected chi connectivity index (χ4v) is 10.8. The van der Waals surface area contributed by atoms with Gasteiger partial charge in [0.1, 0.15) is 6.33 Å². The second-order valence-corrected chi connectivity index (χ2v) is 21.2. The van der Waals surface area contributed by atoms with Crippen LogP contribution in [0.15, 0.2) is 155 Å². The monoisotopic (exact) mass is 970 g/mol. The summed E-state index contributed by atoms with van der Waals surface area (Å²) in [5.74, 6) is 0. The van der Waals surface area contributed by atoms with Gasteiger partial charge in [-0.25, -0.2) is 44.7 Å². The molecule has 0 fully saturated rings. The van der Waals surface area contributed by atoms with Crippen molar-refractivity contribution in [1.82, 2.24) is 36.7 Å². The zero-order valence-electron chi connectivity index (χ0n) is 36.1. The fraction of sp³-hybridized carbons (Fsp3) is 0.167. The van der Waals surface area contributed by atoms with E-state index in [9.17, 15) is 27.0 Å². The van der Waals surface area contributed by atoms with Crippen LogP contribution in [0.3, 0.4) is 0 Å². The van der Waals surface area contributed by atoms with Gasteiger partial charge in [-0.05, 0) is 105 Å². The Balaban J connectivity index is 0.000000164. The molecule has 4 aromatic carbocycles. The van der Waals surface area contributed by atoms with Gasteiger partial charge in [0, 0.05) is 23.5 Å². The quantitative estimate of drug-likeness (QED) is 0.149. The fourth-order valence-electron chi connectivity index (χ4n) is 7.61. The Morgan fingerprint density at radius 3 is 1.43 bits per heavy atom. The maximum Gasteiger partial charge on any atom is 0.269 e. The van der Waals surface area contributed by atoms with Gasteiger partial charge >= 0.3 is 0 Å². The van der Waals surface area contributed by atoms with Gasteiger partial charge in [-0.15, -0.1) is 0 Å². The molecular weight excluding hydrogens is 929 g/mol. The summed E-state index contributed by atoms with van der Waals surface area (Å²) in [4.78, 5) is 18.6. The highest BCUT2D eigenvalue weighted by molar-refractivity contribution is 9.10. The maximum atomic E-state index is 13.2. The Bertz CT molecular complexity index is 3660. The van der Waals surface area contributed by atoms with Crippen molar-refractivity contribution >= 4 is 69.3 Å². The SMILES string of the molecule is Cc1ccc(S(=O)(=O)n2ccc3c2ncc2c(-c4ccc(C(C)(C)O)cc4)nc(Br)n23)cc1.Cc1ccc(S(=O)(=O)n2ccc3c2ncc2c(-c4ccc(C(C)(C)O)cc4)ncn23)cc1. The van der Waals surface area contributed by atoms with E-state index in [2.05, 4.69) is 35.9 Å². The summed E-state index contributed by atoms with van der Waals surface area (Å²) in [7, 11) is -7.58. The van der Waals surface area contributed by atoms with E-state index in [1.165, 1.54) is 20.3 Å². The molecule has 0 aliphatic heterocycles. The summed E-state index contributed by atoms with van der Waals surface area (Å²) in [5, 5.41) is 20.4. The number of rotatable bonds is 8. The molecule has 0 saturated heterocycles. The lowest BCUT2D eigenvalue weighted by atomic mass is 9.97. The lowest BCUT2D eigenvalue weighted by Crippen LogP contribution is -2.14. The highest BCUT2D eigenvalue weighted by atomic mass is 79.9. The van der Waals surface area contributed by atoms with E-state index in [-0.39, 0.29) is 9.79 Å². The normalized spacial score (nSPS) is 12.6. The minimum Gasteiger partial charge on any atom is -0.386 e. The highest BCUT2D eigenvalue weighted by Gasteiger charge is 2.25. The molecule has 0 spiro atoms. The Kier molecular flexibility index (Phi) is 10.7. The number of hydrogen-bond donors (Lipinski definition) is 2. The zero-order valence-corrected chi connectivity index (χ0v) is 39.3. The molecule has 0 unspecified atom stereocenters. The van der Waals surface area contributed by atoms with Crippen molar-refractivity contribution in [1.29, 1.82) is 0 Å². The smallest absolute Gasteiger partial charge is 0.269 e.